The minimum Gasteiger partial charge on any atom is -0.333 e. The Morgan fingerprint density at radius 3 is 1.64 bits per heavy atom. The van der Waals surface area contributed by atoms with Gasteiger partial charge < -0.3 is 18.9 Å². The van der Waals surface area contributed by atoms with Crippen LogP contribution in [-0.2, 0) is 0 Å². The molecular weight excluding hydrogens is 1220 g/mol. The molecule has 0 amide bonds. The highest BCUT2D eigenvalue weighted by molar-refractivity contribution is 6.23. The van der Waals surface area contributed by atoms with Crippen molar-refractivity contribution in [3.63, 3.8) is 0 Å². The second kappa shape index (κ2) is 21.3. The Labute approximate surface area is 575 Å². The molecule has 22 rings (SSSR count). The van der Waals surface area contributed by atoms with E-state index in [0.29, 0.717) is 17.5 Å². The molecule has 2 unspecified atom stereocenters. The van der Waals surface area contributed by atoms with E-state index >= 15 is 0 Å². The average Bonchev–Trinajstić information content (AvgIpc) is 1.53. The van der Waals surface area contributed by atoms with Gasteiger partial charge in [-0.2, -0.15) is 0 Å². The standard InChI is InChI=1S/C93H59N7/c1-3-25-62(26-4-1)91-94-92(65-36-35-56-19-7-9-27-63(56)51-65)96-93(95-91)66-53-69(55-70(54-66)100-86-73-33-17-13-23-60(73)40-45-77(86)80-48-47-79-76-44-39-58-21-11-15-31-71(58)84(76)98(89(79)90(80)100)67-29-5-2-6-30-67)97-82-50-49-78-75-43-38-59-22-12-16-32-72(59)85(75)99(68-42-37-57-20-8-10-28-64(57)52-68)88(78)83(82)81-46-41-61-24-14-18-34-74(61)87(81)97/h1-43,45-55,76,82-83H,44H2/t76?,82-,83?/m1/s1. The molecule has 100 heavy (non-hydrogen) atoms. The number of para-hydroxylation sites is 1. The van der Waals surface area contributed by atoms with E-state index in [1.165, 1.54) is 115 Å². The molecule has 0 saturated carbocycles. The van der Waals surface area contributed by atoms with Gasteiger partial charge in [0.25, 0.3) is 0 Å². The van der Waals surface area contributed by atoms with Crippen LogP contribution in [0.1, 0.15) is 40.6 Å². The maximum absolute atomic E-state index is 5.69. The fraction of sp³-hybridized carbons (Fsp3) is 0.0430. The van der Waals surface area contributed by atoms with Crippen LogP contribution < -0.4 is 20.2 Å². The Balaban J connectivity index is 0.869. The largest absolute Gasteiger partial charge is 0.333 e. The van der Waals surface area contributed by atoms with E-state index < -0.39 is 0 Å². The van der Waals surface area contributed by atoms with E-state index in [1.807, 2.05) is 0 Å². The van der Waals surface area contributed by atoms with E-state index in [2.05, 4.69) is 347 Å². The van der Waals surface area contributed by atoms with Crippen LogP contribution in [0.15, 0.2) is 315 Å². The van der Waals surface area contributed by atoms with Crippen LogP contribution in [0.4, 0.5) is 22.7 Å². The van der Waals surface area contributed by atoms with Crippen LogP contribution in [-0.4, -0.2) is 30.1 Å². The maximum Gasteiger partial charge on any atom is 0.164 e. The Morgan fingerprint density at radius 1 is 0.330 bits per heavy atom. The molecule has 0 spiro atoms. The first-order valence-electron chi connectivity index (χ1n) is 34.7. The first kappa shape index (κ1) is 55.2. The minimum absolute atomic E-state index is 0.118. The summed E-state index contributed by atoms with van der Waals surface area (Å²) in [7, 11) is 0. The van der Waals surface area contributed by atoms with Gasteiger partial charge in [-0.05, 0) is 109 Å². The highest BCUT2D eigenvalue weighted by Crippen LogP contribution is 2.59. The molecule has 3 atom stereocenters. The molecule has 3 aromatic heterocycles. The van der Waals surface area contributed by atoms with Crippen LogP contribution in [0, 0.1) is 0 Å². The second-order valence-corrected chi connectivity index (χ2v) is 27.3. The monoisotopic (exact) mass is 1270 g/mol. The SMILES string of the molecule is C1=C[C@@H]2C(c3ccc4ccccc4c3N2c2cc(-c3nc(-c4ccccc4)nc(-c4ccc5ccccc5c4)n3)cc(-n3c4c5c(ccc4c4ccc6ccccc6c43)C3CC=c4ccccc4=C3N5c3ccccc3)c2)c2c1c1ccc3ccccc3c1n2-c1ccc2ccccc2c1. The molecule has 0 radical (unpaired) electrons. The lowest BCUT2D eigenvalue weighted by atomic mass is 9.84. The summed E-state index contributed by atoms with van der Waals surface area (Å²) in [6.07, 6.45) is 8.29. The molecule has 15 aromatic carbocycles. The van der Waals surface area contributed by atoms with Gasteiger partial charge in [-0.25, -0.2) is 15.0 Å². The number of hydrogen-bond acceptors (Lipinski definition) is 5. The quantitative estimate of drug-likeness (QED) is 0.159. The average molecular weight is 1270 g/mol. The zero-order valence-corrected chi connectivity index (χ0v) is 54.2. The van der Waals surface area contributed by atoms with Crippen molar-refractivity contribution in [3.05, 3.63) is 348 Å². The predicted molar refractivity (Wildman–Crippen MR) is 414 cm³/mol. The normalized spacial score (nSPS) is 15.8. The number of hydrogen-bond donors (Lipinski definition) is 0. The van der Waals surface area contributed by atoms with E-state index in [4.69, 9.17) is 15.0 Å². The lowest BCUT2D eigenvalue weighted by Crippen LogP contribution is -2.35. The third-order valence-electron chi connectivity index (χ3n) is 22.0. The van der Waals surface area contributed by atoms with Crippen LogP contribution in [0.3, 0.4) is 0 Å². The van der Waals surface area contributed by atoms with Gasteiger partial charge in [0.15, 0.2) is 17.5 Å². The lowest BCUT2D eigenvalue weighted by molar-refractivity contribution is 0.693. The van der Waals surface area contributed by atoms with Crippen LogP contribution in [0.25, 0.3) is 150 Å². The molecule has 0 bridgehead atoms. The molecule has 7 heteroatoms. The third kappa shape index (κ3) is 8.05. The summed E-state index contributed by atoms with van der Waals surface area (Å²) in [6, 6.07) is 114. The number of rotatable bonds is 7. The van der Waals surface area contributed by atoms with Crippen molar-refractivity contribution < 1.29 is 0 Å². The van der Waals surface area contributed by atoms with Gasteiger partial charge in [-0.1, -0.05) is 279 Å². The fourth-order valence-corrected chi connectivity index (χ4v) is 17.7. The summed E-state index contributed by atoms with van der Waals surface area (Å²) >= 11 is 0. The Hall–Kier alpha value is -13.0. The van der Waals surface area contributed by atoms with Gasteiger partial charge in [0, 0.05) is 99.8 Å². The molecular formula is C93H59N7. The van der Waals surface area contributed by atoms with Crippen molar-refractivity contribution in [3.8, 4) is 45.5 Å². The Kier molecular flexibility index (Phi) is 11.7. The molecule has 2 aliphatic carbocycles. The summed E-state index contributed by atoms with van der Waals surface area (Å²) in [5.41, 5.74) is 19.3. The Bertz CT molecular complexity index is 6740. The summed E-state index contributed by atoms with van der Waals surface area (Å²) in [5, 5.41) is 18.0. The van der Waals surface area contributed by atoms with Crippen molar-refractivity contribution in [2.45, 2.75) is 24.3 Å². The van der Waals surface area contributed by atoms with Crippen molar-refractivity contribution in [1.82, 2.24) is 24.1 Å². The zero-order chi connectivity index (χ0) is 65.3. The maximum atomic E-state index is 5.69. The highest BCUT2D eigenvalue weighted by Gasteiger charge is 2.46. The number of nitrogens with zero attached hydrogens (tertiary/aromatic N) is 7. The molecule has 466 valence electrons. The zero-order valence-electron chi connectivity index (χ0n) is 54.2. The van der Waals surface area contributed by atoms with Crippen molar-refractivity contribution >= 4 is 127 Å². The molecule has 0 fully saturated rings. The van der Waals surface area contributed by atoms with Gasteiger partial charge in [0.05, 0.1) is 39.9 Å². The van der Waals surface area contributed by atoms with E-state index in [0.717, 1.165) is 67.7 Å². The molecule has 4 aliphatic rings. The fourth-order valence-electron chi connectivity index (χ4n) is 17.7. The third-order valence-corrected chi connectivity index (χ3v) is 22.0. The molecule has 5 heterocycles. The summed E-state index contributed by atoms with van der Waals surface area (Å²) in [4.78, 5) is 22.0. The summed E-state index contributed by atoms with van der Waals surface area (Å²) in [5.74, 6) is 1.78. The van der Waals surface area contributed by atoms with Crippen molar-refractivity contribution in [1.29, 1.82) is 0 Å². The first-order chi connectivity index (χ1) is 49.6. The minimum atomic E-state index is -0.190. The lowest BCUT2D eigenvalue weighted by Gasteiger charge is -2.32. The Morgan fingerprint density at radius 2 is 0.880 bits per heavy atom. The van der Waals surface area contributed by atoms with Gasteiger partial charge >= 0.3 is 0 Å². The van der Waals surface area contributed by atoms with Crippen molar-refractivity contribution in [2.75, 3.05) is 9.80 Å². The number of benzene rings is 15. The second-order valence-electron chi connectivity index (χ2n) is 27.3. The molecule has 18 aromatic rings. The molecule has 0 N–H and O–H groups in total. The van der Waals surface area contributed by atoms with Crippen LogP contribution >= 0.6 is 0 Å². The topological polar surface area (TPSA) is 55.0 Å². The molecule has 0 saturated heterocycles. The number of fused-ring (bicyclic) bond motifs is 23. The van der Waals surface area contributed by atoms with E-state index in [-0.39, 0.29) is 17.9 Å². The van der Waals surface area contributed by atoms with Gasteiger partial charge in [-0.15, -0.1) is 0 Å². The first-order valence-corrected chi connectivity index (χ1v) is 34.7. The summed E-state index contributed by atoms with van der Waals surface area (Å²) in [6.45, 7) is 0. The smallest absolute Gasteiger partial charge is 0.164 e. The predicted octanol–water partition coefficient (Wildman–Crippen LogP) is 21.6. The molecule has 2 aliphatic heterocycles. The van der Waals surface area contributed by atoms with E-state index in [9.17, 15) is 0 Å². The number of aromatic nitrogens is 5. The van der Waals surface area contributed by atoms with Crippen LogP contribution in [0.5, 0.6) is 0 Å². The van der Waals surface area contributed by atoms with E-state index in [1.54, 1.807) is 0 Å². The highest BCUT2D eigenvalue weighted by atomic mass is 15.2. The van der Waals surface area contributed by atoms with Gasteiger partial charge in [-0.3, -0.25) is 0 Å². The van der Waals surface area contributed by atoms with Crippen LogP contribution in [0.2, 0.25) is 0 Å². The summed E-state index contributed by atoms with van der Waals surface area (Å²) < 4.78 is 5.25. The molecule has 7 nitrogen and oxygen atoms in total. The van der Waals surface area contributed by atoms with Crippen molar-refractivity contribution in [2.24, 2.45) is 0 Å². The van der Waals surface area contributed by atoms with Gasteiger partial charge in [0.2, 0.25) is 0 Å². The number of anilines is 4. The van der Waals surface area contributed by atoms with Gasteiger partial charge in [0.1, 0.15) is 0 Å².